The van der Waals surface area contributed by atoms with Gasteiger partial charge in [0.15, 0.2) is 5.82 Å². The van der Waals surface area contributed by atoms with Crippen LogP contribution >= 0.6 is 0 Å². The third-order valence-electron chi connectivity index (χ3n) is 6.96. The number of halogens is 3. The first-order valence-electron chi connectivity index (χ1n) is 13.1. The first kappa shape index (κ1) is 26.8. The van der Waals surface area contributed by atoms with Crippen LogP contribution < -0.4 is 4.74 Å². The maximum atomic E-state index is 12.9. The summed E-state index contributed by atoms with van der Waals surface area (Å²) in [5.41, 5.74) is 3.09. The van der Waals surface area contributed by atoms with Gasteiger partial charge in [-0.1, -0.05) is 72.8 Å². The van der Waals surface area contributed by atoms with Crippen LogP contribution in [0.2, 0.25) is 0 Å². The van der Waals surface area contributed by atoms with E-state index in [9.17, 15) is 13.2 Å². The molecule has 0 bridgehead atoms. The number of nitrogens with zero attached hydrogens (tertiary/aromatic N) is 4. The maximum Gasteiger partial charge on any atom is 0.416 e. The van der Waals surface area contributed by atoms with Crippen LogP contribution in [0.3, 0.4) is 0 Å². The van der Waals surface area contributed by atoms with Gasteiger partial charge in [0.05, 0.1) is 11.6 Å². The highest BCUT2D eigenvalue weighted by molar-refractivity contribution is 5.56. The third kappa shape index (κ3) is 6.82. The lowest BCUT2D eigenvalue weighted by Gasteiger charge is -2.39. The predicted molar refractivity (Wildman–Crippen MR) is 145 cm³/mol. The zero-order valence-corrected chi connectivity index (χ0v) is 21.8. The first-order chi connectivity index (χ1) is 18.9. The van der Waals surface area contributed by atoms with E-state index in [0.717, 1.165) is 44.9 Å². The molecule has 0 amide bonds. The van der Waals surface area contributed by atoms with E-state index in [2.05, 4.69) is 80.4 Å². The lowest BCUT2D eigenvalue weighted by molar-refractivity contribution is -0.137. The van der Waals surface area contributed by atoms with E-state index >= 15 is 0 Å². The van der Waals surface area contributed by atoms with Crippen LogP contribution in [-0.4, -0.2) is 59.1 Å². The van der Waals surface area contributed by atoms with Gasteiger partial charge in [-0.15, -0.1) is 0 Å². The number of alkyl halides is 3. The normalized spacial score (nSPS) is 15.0. The Balaban J connectivity index is 1.17. The van der Waals surface area contributed by atoms with Crippen molar-refractivity contribution in [1.29, 1.82) is 0 Å². The highest BCUT2D eigenvalue weighted by Gasteiger charge is 2.30. The van der Waals surface area contributed by atoms with Crippen molar-refractivity contribution >= 4 is 0 Å². The summed E-state index contributed by atoms with van der Waals surface area (Å²) < 4.78 is 44.7. The second-order valence-electron chi connectivity index (χ2n) is 9.70. The smallest absolute Gasteiger partial charge is 0.416 e. The Hall–Kier alpha value is -3.75. The Morgan fingerprint density at radius 1 is 0.795 bits per heavy atom. The van der Waals surface area contributed by atoms with Crippen molar-refractivity contribution in [3.63, 3.8) is 0 Å². The van der Waals surface area contributed by atoms with Crippen molar-refractivity contribution in [2.24, 2.45) is 0 Å². The van der Waals surface area contributed by atoms with E-state index in [-0.39, 0.29) is 6.04 Å². The quantitative estimate of drug-likeness (QED) is 0.268. The molecule has 0 radical (unpaired) electrons. The third-order valence-corrected chi connectivity index (χ3v) is 6.96. The van der Waals surface area contributed by atoms with E-state index in [0.29, 0.717) is 29.6 Å². The van der Waals surface area contributed by atoms with Crippen molar-refractivity contribution in [2.45, 2.75) is 19.1 Å². The van der Waals surface area contributed by atoms with Crippen LogP contribution in [0.15, 0.2) is 91.0 Å². The van der Waals surface area contributed by atoms with E-state index in [1.165, 1.54) is 23.3 Å². The van der Waals surface area contributed by atoms with Gasteiger partial charge in [-0.25, -0.2) is 4.98 Å². The van der Waals surface area contributed by atoms with Crippen LogP contribution in [0, 0.1) is 6.92 Å². The molecule has 0 aliphatic carbocycles. The van der Waals surface area contributed by atoms with E-state index in [1.807, 2.05) is 6.92 Å². The molecule has 1 aromatic heterocycles. The van der Waals surface area contributed by atoms with Crippen LogP contribution in [-0.2, 0) is 6.18 Å². The molecule has 1 saturated heterocycles. The summed E-state index contributed by atoms with van der Waals surface area (Å²) in [5, 5.41) is 0. The summed E-state index contributed by atoms with van der Waals surface area (Å²) in [6.45, 7) is 6.78. The minimum Gasteiger partial charge on any atom is -0.476 e. The molecule has 1 aliphatic heterocycles. The lowest BCUT2D eigenvalue weighted by Crippen LogP contribution is -2.48. The van der Waals surface area contributed by atoms with Crippen LogP contribution in [0.4, 0.5) is 13.2 Å². The fraction of sp³-hybridized carbons (Fsp3) is 0.290. The fourth-order valence-corrected chi connectivity index (χ4v) is 4.96. The molecular weight excluding hydrogens is 501 g/mol. The molecule has 1 aliphatic rings. The molecule has 3 aromatic carbocycles. The molecule has 0 spiro atoms. The van der Waals surface area contributed by atoms with Crippen LogP contribution in [0.1, 0.15) is 28.4 Å². The zero-order valence-electron chi connectivity index (χ0n) is 21.8. The van der Waals surface area contributed by atoms with Crippen molar-refractivity contribution in [2.75, 3.05) is 39.3 Å². The Kier molecular flexibility index (Phi) is 8.24. The predicted octanol–water partition coefficient (Wildman–Crippen LogP) is 6.26. The molecular formula is C31H31F3N4O. The maximum absolute atomic E-state index is 12.9. The van der Waals surface area contributed by atoms with E-state index in [4.69, 9.17) is 4.74 Å². The molecule has 202 valence electrons. The zero-order chi connectivity index (χ0) is 27.2. The monoisotopic (exact) mass is 532 g/mol. The number of ether oxygens (including phenoxy) is 1. The van der Waals surface area contributed by atoms with Gasteiger partial charge in [0, 0.05) is 50.0 Å². The molecule has 4 aromatic rings. The summed E-state index contributed by atoms with van der Waals surface area (Å²) in [6, 6.07) is 28.1. The Morgan fingerprint density at radius 2 is 1.38 bits per heavy atom. The molecule has 8 heteroatoms. The molecule has 39 heavy (non-hydrogen) atoms. The topological polar surface area (TPSA) is 41.5 Å². The highest BCUT2D eigenvalue weighted by atomic mass is 19.4. The molecule has 2 heterocycles. The average Bonchev–Trinajstić information content (AvgIpc) is 2.95. The highest BCUT2D eigenvalue weighted by Crippen LogP contribution is 2.31. The van der Waals surface area contributed by atoms with Crippen molar-refractivity contribution in [3.8, 4) is 17.3 Å². The Bertz CT molecular complexity index is 1300. The van der Waals surface area contributed by atoms with E-state index in [1.54, 1.807) is 6.07 Å². The van der Waals surface area contributed by atoms with Crippen LogP contribution in [0.5, 0.6) is 5.88 Å². The van der Waals surface area contributed by atoms with Gasteiger partial charge in [-0.2, -0.15) is 18.2 Å². The van der Waals surface area contributed by atoms with Gasteiger partial charge in [0.1, 0.15) is 6.61 Å². The molecule has 0 saturated carbocycles. The summed E-state index contributed by atoms with van der Waals surface area (Å²) in [5.74, 6) is 0.768. The molecule has 5 nitrogen and oxygen atoms in total. The average molecular weight is 533 g/mol. The van der Waals surface area contributed by atoms with Crippen molar-refractivity contribution in [1.82, 2.24) is 19.8 Å². The second-order valence-corrected chi connectivity index (χ2v) is 9.70. The van der Waals surface area contributed by atoms with Gasteiger partial charge in [0.25, 0.3) is 0 Å². The van der Waals surface area contributed by atoms with Gasteiger partial charge >= 0.3 is 6.18 Å². The fourth-order valence-electron chi connectivity index (χ4n) is 4.96. The summed E-state index contributed by atoms with van der Waals surface area (Å²) >= 11 is 0. The lowest BCUT2D eigenvalue weighted by atomic mass is 9.96. The minimum absolute atomic E-state index is 0.221. The summed E-state index contributed by atoms with van der Waals surface area (Å²) in [7, 11) is 0. The number of rotatable bonds is 8. The molecule has 5 rings (SSSR count). The standard InChI is InChI=1S/C31H31F3N4O/c1-23-22-28(36-30(35-23)26-12-14-27(15-13-26)31(32,33)34)39-21-20-37-16-18-38(19-17-37)29(24-8-4-2-5-9-24)25-10-6-3-7-11-25/h2-15,22,29H,16-21H2,1H3. The van der Waals surface area contributed by atoms with Gasteiger partial charge in [-0.05, 0) is 30.2 Å². The number of benzene rings is 3. The molecule has 1 fully saturated rings. The number of piperazine rings is 1. The first-order valence-corrected chi connectivity index (χ1v) is 13.1. The largest absolute Gasteiger partial charge is 0.476 e. The Morgan fingerprint density at radius 3 is 1.95 bits per heavy atom. The summed E-state index contributed by atoms with van der Waals surface area (Å²) in [6.07, 6.45) is -4.38. The van der Waals surface area contributed by atoms with Gasteiger partial charge in [-0.3, -0.25) is 9.80 Å². The number of hydrogen-bond donors (Lipinski definition) is 0. The van der Waals surface area contributed by atoms with Gasteiger partial charge in [0.2, 0.25) is 5.88 Å². The second kappa shape index (κ2) is 12.0. The Labute approximate surface area is 226 Å². The molecule has 0 unspecified atom stereocenters. The van der Waals surface area contributed by atoms with Crippen molar-refractivity contribution < 1.29 is 17.9 Å². The van der Waals surface area contributed by atoms with E-state index < -0.39 is 11.7 Å². The number of aromatic nitrogens is 2. The molecule has 0 N–H and O–H groups in total. The van der Waals surface area contributed by atoms with Gasteiger partial charge < -0.3 is 4.74 Å². The minimum atomic E-state index is -4.38. The molecule has 0 atom stereocenters. The SMILES string of the molecule is Cc1cc(OCCN2CCN(C(c3ccccc3)c3ccccc3)CC2)nc(-c2ccc(C(F)(F)F)cc2)n1. The summed E-state index contributed by atoms with van der Waals surface area (Å²) in [4.78, 5) is 13.7. The van der Waals surface area contributed by atoms with Crippen molar-refractivity contribution in [3.05, 3.63) is 113 Å². The number of aryl methyl sites for hydroxylation is 1. The number of hydrogen-bond acceptors (Lipinski definition) is 5. The van der Waals surface area contributed by atoms with Crippen LogP contribution in [0.25, 0.3) is 11.4 Å².